The number of halogens is 1. The van der Waals surface area contributed by atoms with Crippen molar-refractivity contribution in [2.24, 2.45) is 5.16 Å². The van der Waals surface area contributed by atoms with Crippen LogP contribution < -0.4 is 4.74 Å². The molecule has 0 saturated carbocycles. The van der Waals surface area contributed by atoms with Gasteiger partial charge < -0.3 is 9.57 Å². The average molecular weight is 382 g/mol. The predicted octanol–water partition coefficient (Wildman–Crippen LogP) is 3.62. The van der Waals surface area contributed by atoms with Crippen LogP contribution in [0.5, 0.6) is 5.75 Å². The molecule has 2 rings (SSSR count). The van der Waals surface area contributed by atoms with Crippen molar-refractivity contribution in [1.82, 2.24) is 0 Å². The monoisotopic (exact) mass is 381 g/mol. The van der Waals surface area contributed by atoms with Gasteiger partial charge in [0.15, 0.2) is 0 Å². The number of benzene rings is 2. The summed E-state index contributed by atoms with van der Waals surface area (Å²) < 4.78 is 18.6. The second kappa shape index (κ2) is 8.10. The van der Waals surface area contributed by atoms with Gasteiger partial charge in [-0.05, 0) is 48.5 Å². The van der Waals surface area contributed by atoms with Gasteiger partial charge in [-0.2, -0.15) is 0 Å². The molecule has 116 valence electrons. The standard InChI is InChI=1S/C16H16BrNO3S/c1-20-14-7-3-12(4-8-14)16(18-21-2)11-22(19)15-9-5-13(17)6-10-15/h3-10H,11H2,1-2H3/t22-/m1/s1. The molecular formula is C16H16BrNO3S. The minimum absolute atomic E-state index is 0.280. The molecule has 0 aromatic heterocycles. The highest BCUT2D eigenvalue weighted by Gasteiger charge is 2.12. The molecule has 0 unspecified atom stereocenters. The fourth-order valence-corrected chi connectivity index (χ4v) is 3.19. The molecule has 0 amide bonds. The third-order valence-corrected chi connectivity index (χ3v) is 4.83. The van der Waals surface area contributed by atoms with Crippen LogP contribution in [0.25, 0.3) is 0 Å². The molecule has 0 heterocycles. The molecule has 6 heteroatoms. The Labute approximate surface area is 140 Å². The molecule has 0 aliphatic rings. The van der Waals surface area contributed by atoms with E-state index in [0.29, 0.717) is 5.71 Å². The molecule has 0 N–H and O–H groups in total. The van der Waals surface area contributed by atoms with Crippen LogP contribution >= 0.6 is 15.9 Å². The molecule has 0 radical (unpaired) electrons. The smallest absolute Gasteiger partial charge is 0.118 e. The van der Waals surface area contributed by atoms with Gasteiger partial charge in [0, 0.05) is 14.9 Å². The summed E-state index contributed by atoms with van der Waals surface area (Å²) in [5.41, 5.74) is 1.49. The van der Waals surface area contributed by atoms with Crippen molar-refractivity contribution in [3.63, 3.8) is 0 Å². The van der Waals surface area contributed by atoms with E-state index in [2.05, 4.69) is 21.1 Å². The van der Waals surface area contributed by atoms with E-state index in [1.54, 1.807) is 7.11 Å². The summed E-state index contributed by atoms with van der Waals surface area (Å²) in [6, 6.07) is 14.8. The maximum atomic E-state index is 12.5. The SMILES string of the molecule is CON=C(C[S@@](=O)c1ccc(Br)cc1)c1ccc(OC)cc1. The van der Waals surface area contributed by atoms with Gasteiger partial charge >= 0.3 is 0 Å². The van der Waals surface area contributed by atoms with Gasteiger partial charge in [0.2, 0.25) is 0 Å². The summed E-state index contributed by atoms with van der Waals surface area (Å²) in [5, 5.41) is 4.01. The second-order valence-corrected chi connectivity index (χ2v) is 6.76. The Morgan fingerprint density at radius 2 is 1.73 bits per heavy atom. The van der Waals surface area contributed by atoms with Crippen molar-refractivity contribution in [3.05, 3.63) is 58.6 Å². The molecule has 22 heavy (non-hydrogen) atoms. The van der Waals surface area contributed by atoms with E-state index in [1.165, 1.54) is 7.11 Å². The largest absolute Gasteiger partial charge is 0.497 e. The second-order valence-electron chi connectivity index (χ2n) is 4.39. The lowest BCUT2D eigenvalue weighted by Crippen LogP contribution is -2.13. The quantitative estimate of drug-likeness (QED) is 0.567. The summed E-state index contributed by atoms with van der Waals surface area (Å²) in [4.78, 5) is 5.64. The van der Waals surface area contributed by atoms with E-state index >= 15 is 0 Å². The molecule has 0 fully saturated rings. The van der Waals surface area contributed by atoms with Crippen LogP contribution in [0.4, 0.5) is 0 Å². The molecular weight excluding hydrogens is 366 g/mol. The predicted molar refractivity (Wildman–Crippen MR) is 92.0 cm³/mol. The number of rotatable bonds is 6. The van der Waals surface area contributed by atoms with Gasteiger partial charge in [-0.15, -0.1) is 0 Å². The number of nitrogens with zero attached hydrogens (tertiary/aromatic N) is 1. The molecule has 1 atom stereocenters. The molecule has 2 aromatic rings. The normalized spacial score (nSPS) is 12.8. The van der Waals surface area contributed by atoms with Crippen LogP contribution in [-0.4, -0.2) is 29.9 Å². The van der Waals surface area contributed by atoms with Crippen molar-refractivity contribution in [2.75, 3.05) is 20.0 Å². The summed E-state index contributed by atoms with van der Waals surface area (Å²) in [6.07, 6.45) is 0. The zero-order valence-electron chi connectivity index (χ0n) is 12.3. The highest BCUT2D eigenvalue weighted by Crippen LogP contribution is 2.16. The fraction of sp³-hybridized carbons (Fsp3) is 0.188. The van der Waals surface area contributed by atoms with E-state index in [9.17, 15) is 4.21 Å². The van der Waals surface area contributed by atoms with E-state index < -0.39 is 10.8 Å². The first-order valence-electron chi connectivity index (χ1n) is 6.52. The zero-order chi connectivity index (χ0) is 15.9. The van der Waals surface area contributed by atoms with Crippen LogP contribution in [0.3, 0.4) is 0 Å². The molecule has 0 aliphatic heterocycles. The molecule has 2 aromatic carbocycles. The zero-order valence-corrected chi connectivity index (χ0v) is 14.7. The Kier molecular flexibility index (Phi) is 6.15. The number of ether oxygens (including phenoxy) is 1. The number of methoxy groups -OCH3 is 1. The van der Waals surface area contributed by atoms with E-state index in [0.717, 1.165) is 20.7 Å². The van der Waals surface area contributed by atoms with Crippen molar-refractivity contribution in [3.8, 4) is 5.75 Å². The van der Waals surface area contributed by atoms with Gasteiger partial charge in [0.25, 0.3) is 0 Å². The van der Waals surface area contributed by atoms with Crippen molar-refractivity contribution in [2.45, 2.75) is 4.90 Å². The lowest BCUT2D eigenvalue weighted by atomic mass is 10.1. The van der Waals surface area contributed by atoms with E-state index in [4.69, 9.17) is 9.57 Å². The number of hydrogen-bond donors (Lipinski definition) is 0. The number of hydrogen-bond acceptors (Lipinski definition) is 4. The van der Waals surface area contributed by atoms with Crippen LogP contribution in [-0.2, 0) is 15.6 Å². The maximum absolute atomic E-state index is 12.5. The van der Waals surface area contributed by atoms with Crippen LogP contribution in [0.15, 0.2) is 63.1 Å². The first-order chi connectivity index (χ1) is 10.6. The van der Waals surface area contributed by atoms with Crippen molar-refractivity contribution in [1.29, 1.82) is 0 Å². The summed E-state index contributed by atoms with van der Waals surface area (Å²) in [5.74, 6) is 1.04. The fourth-order valence-electron chi connectivity index (χ4n) is 1.85. The summed E-state index contributed by atoms with van der Waals surface area (Å²) in [6.45, 7) is 0. The van der Waals surface area contributed by atoms with Gasteiger partial charge in [-0.25, -0.2) is 0 Å². The molecule has 0 saturated heterocycles. The third-order valence-electron chi connectivity index (χ3n) is 2.97. The third kappa shape index (κ3) is 4.42. The minimum atomic E-state index is -1.19. The Hall–Kier alpha value is -1.66. The Morgan fingerprint density at radius 3 is 2.27 bits per heavy atom. The maximum Gasteiger partial charge on any atom is 0.118 e. The van der Waals surface area contributed by atoms with Crippen LogP contribution in [0.2, 0.25) is 0 Å². The van der Waals surface area contributed by atoms with Gasteiger partial charge in [-0.3, -0.25) is 4.21 Å². The summed E-state index contributed by atoms with van der Waals surface area (Å²) in [7, 11) is 1.90. The van der Waals surface area contributed by atoms with Crippen LogP contribution in [0.1, 0.15) is 5.56 Å². The highest BCUT2D eigenvalue weighted by molar-refractivity contribution is 9.10. The van der Waals surface area contributed by atoms with Crippen molar-refractivity contribution < 1.29 is 13.8 Å². The average Bonchev–Trinajstić information content (AvgIpc) is 2.55. The van der Waals surface area contributed by atoms with Gasteiger partial charge in [-0.1, -0.05) is 21.1 Å². The Morgan fingerprint density at radius 1 is 1.09 bits per heavy atom. The van der Waals surface area contributed by atoms with Crippen LogP contribution in [0, 0.1) is 0 Å². The lowest BCUT2D eigenvalue weighted by molar-refractivity contribution is 0.213. The van der Waals surface area contributed by atoms with E-state index in [1.807, 2.05) is 48.5 Å². The lowest BCUT2D eigenvalue weighted by Gasteiger charge is -2.07. The Bertz CT molecular complexity index is 669. The molecule has 0 aliphatic carbocycles. The molecule has 0 bridgehead atoms. The first kappa shape index (κ1) is 16.7. The van der Waals surface area contributed by atoms with Gasteiger partial charge in [0.05, 0.1) is 29.4 Å². The topological polar surface area (TPSA) is 47.9 Å². The molecule has 4 nitrogen and oxygen atoms in total. The van der Waals surface area contributed by atoms with E-state index in [-0.39, 0.29) is 5.75 Å². The van der Waals surface area contributed by atoms with Gasteiger partial charge in [0.1, 0.15) is 12.9 Å². The minimum Gasteiger partial charge on any atom is -0.497 e. The molecule has 0 spiro atoms. The highest BCUT2D eigenvalue weighted by atomic mass is 79.9. The van der Waals surface area contributed by atoms with Crippen molar-refractivity contribution >= 4 is 32.4 Å². The first-order valence-corrected chi connectivity index (χ1v) is 8.63. The Balaban J connectivity index is 2.19. The summed E-state index contributed by atoms with van der Waals surface area (Å²) >= 11 is 3.37. The number of oxime groups is 1.